The van der Waals surface area contributed by atoms with E-state index < -0.39 is 15.1 Å². The SMILES string of the molecule is CCN(C(=O)[C@H](C)Sc1nc(C)cc(N)n1)[C@@H]1CCS(=O)(=O)C1. The number of sulfone groups is 1. The van der Waals surface area contributed by atoms with E-state index in [1.165, 1.54) is 11.8 Å². The molecule has 0 aliphatic carbocycles. The fourth-order valence-corrected chi connectivity index (χ4v) is 5.31. The van der Waals surface area contributed by atoms with Crippen LogP contribution < -0.4 is 5.73 Å². The maximum atomic E-state index is 12.7. The minimum Gasteiger partial charge on any atom is -0.384 e. The van der Waals surface area contributed by atoms with Gasteiger partial charge < -0.3 is 10.6 Å². The third kappa shape index (κ3) is 4.57. The summed E-state index contributed by atoms with van der Waals surface area (Å²) < 4.78 is 23.3. The molecule has 0 radical (unpaired) electrons. The first-order valence-corrected chi connectivity index (χ1v) is 10.2. The zero-order valence-electron chi connectivity index (χ0n) is 13.5. The van der Waals surface area contributed by atoms with E-state index in [0.717, 1.165) is 5.69 Å². The second-order valence-electron chi connectivity index (χ2n) is 5.66. The molecule has 1 aromatic heterocycles. The van der Waals surface area contributed by atoms with Gasteiger partial charge >= 0.3 is 0 Å². The molecule has 1 saturated heterocycles. The summed E-state index contributed by atoms with van der Waals surface area (Å²) in [6.07, 6.45) is 0.507. The maximum Gasteiger partial charge on any atom is 0.236 e. The summed E-state index contributed by atoms with van der Waals surface area (Å²) in [4.78, 5) is 22.7. The van der Waals surface area contributed by atoms with Crippen LogP contribution in [0.5, 0.6) is 0 Å². The molecule has 0 unspecified atom stereocenters. The maximum absolute atomic E-state index is 12.7. The molecular weight excluding hydrogens is 336 g/mol. The van der Waals surface area contributed by atoms with Crippen molar-refractivity contribution < 1.29 is 13.2 Å². The smallest absolute Gasteiger partial charge is 0.236 e. The van der Waals surface area contributed by atoms with Crippen molar-refractivity contribution in [2.24, 2.45) is 0 Å². The molecule has 2 atom stereocenters. The van der Waals surface area contributed by atoms with Crippen molar-refractivity contribution in [2.45, 2.75) is 43.6 Å². The van der Waals surface area contributed by atoms with Gasteiger partial charge in [0.15, 0.2) is 15.0 Å². The Balaban J connectivity index is 2.08. The Bertz CT molecular complexity index is 673. The summed E-state index contributed by atoms with van der Waals surface area (Å²) in [5.74, 6) is 0.482. The minimum atomic E-state index is -3.02. The monoisotopic (exact) mass is 358 g/mol. The molecule has 9 heteroatoms. The molecule has 1 amide bonds. The molecule has 0 bridgehead atoms. The van der Waals surface area contributed by atoms with Crippen molar-refractivity contribution in [1.29, 1.82) is 0 Å². The largest absolute Gasteiger partial charge is 0.384 e. The van der Waals surface area contributed by atoms with E-state index >= 15 is 0 Å². The highest BCUT2D eigenvalue weighted by Gasteiger charge is 2.35. The summed E-state index contributed by atoms with van der Waals surface area (Å²) in [6.45, 7) is 5.94. The summed E-state index contributed by atoms with van der Waals surface area (Å²) in [5.41, 5.74) is 6.44. The summed E-state index contributed by atoms with van der Waals surface area (Å²) in [7, 11) is -3.02. The van der Waals surface area contributed by atoms with Crippen LogP contribution in [0.1, 0.15) is 26.0 Å². The number of aromatic nitrogens is 2. The van der Waals surface area contributed by atoms with Gasteiger partial charge in [-0.1, -0.05) is 11.8 Å². The number of carbonyl (C=O) groups is 1. The third-order valence-corrected chi connectivity index (χ3v) is 6.46. The molecule has 2 heterocycles. The van der Waals surface area contributed by atoms with Crippen LogP contribution in [-0.4, -0.2) is 58.5 Å². The lowest BCUT2D eigenvalue weighted by Gasteiger charge is -2.29. The van der Waals surface area contributed by atoms with Crippen LogP contribution in [0.15, 0.2) is 11.2 Å². The van der Waals surface area contributed by atoms with E-state index in [1.807, 2.05) is 13.8 Å². The summed E-state index contributed by atoms with van der Waals surface area (Å²) in [6, 6.07) is 1.43. The number of carbonyl (C=O) groups excluding carboxylic acids is 1. The van der Waals surface area contributed by atoms with Crippen molar-refractivity contribution in [1.82, 2.24) is 14.9 Å². The highest BCUT2D eigenvalue weighted by atomic mass is 32.2. The normalized spacial score (nSPS) is 21.1. The van der Waals surface area contributed by atoms with Crippen LogP contribution >= 0.6 is 11.8 Å². The fraction of sp³-hybridized carbons (Fsp3) is 0.643. The molecule has 0 saturated carbocycles. The number of nitrogen functional groups attached to an aromatic ring is 1. The second-order valence-corrected chi connectivity index (χ2v) is 9.19. The minimum absolute atomic E-state index is 0.0534. The Labute approximate surface area is 141 Å². The molecule has 128 valence electrons. The summed E-state index contributed by atoms with van der Waals surface area (Å²) >= 11 is 1.24. The Morgan fingerprint density at radius 2 is 2.22 bits per heavy atom. The van der Waals surface area contributed by atoms with E-state index in [9.17, 15) is 13.2 Å². The van der Waals surface area contributed by atoms with E-state index in [-0.39, 0.29) is 23.5 Å². The molecule has 2 rings (SSSR count). The molecule has 1 aliphatic rings. The van der Waals surface area contributed by atoms with Crippen molar-refractivity contribution in [3.63, 3.8) is 0 Å². The van der Waals surface area contributed by atoms with Gasteiger partial charge in [0.05, 0.1) is 16.8 Å². The van der Waals surface area contributed by atoms with E-state index in [2.05, 4.69) is 9.97 Å². The van der Waals surface area contributed by atoms with Crippen LogP contribution in [0.2, 0.25) is 0 Å². The molecule has 0 spiro atoms. The van der Waals surface area contributed by atoms with Gasteiger partial charge in [0.1, 0.15) is 5.82 Å². The number of amides is 1. The zero-order chi connectivity index (χ0) is 17.2. The molecule has 23 heavy (non-hydrogen) atoms. The summed E-state index contributed by atoms with van der Waals surface area (Å²) in [5, 5.41) is 0.0536. The van der Waals surface area contributed by atoms with Crippen molar-refractivity contribution in [3.05, 3.63) is 11.8 Å². The standard InChI is InChI=1S/C14H22N4O3S2/c1-4-18(11-5-6-23(20,21)8-11)13(19)10(3)22-14-16-9(2)7-12(15)17-14/h7,10-11H,4-6,8H2,1-3H3,(H2,15,16,17)/t10-,11+/m0/s1. The van der Waals surface area contributed by atoms with Crippen LogP contribution in [0, 0.1) is 6.92 Å². The van der Waals surface area contributed by atoms with Gasteiger partial charge in [-0.25, -0.2) is 18.4 Å². The number of hydrogen-bond acceptors (Lipinski definition) is 7. The average Bonchev–Trinajstić information content (AvgIpc) is 2.78. The van der Waals surface area contributed by atoms with Gasteiger partial charge in [0.2, 0.25) is 5.91 Å². The number of hydrogen-bond donors (Lipinski definition) is 1. The average molecular weight is 358 g/mol. The third-order valence-electron chi connectivity index (χ3n) is 3.76. The number of thioether (sulfide) groups is 1. The van der Waals surface area contributed by atoms with Crippen molar-refractivity contribution in [3.8, 4) is 0 Å². The lowest BCUT2D eigenvalue weighted by molar-refractivity contribution is -0.131. The van der Waals surface area contributed by atoms with Gasteiger partial charge in [-0.2, -0.15) is 0 Å². The molecule has 1 aromatic rings. The van der Waals surface area contributed by atoms with Gasteiger partial charge in [-0.15, -0.1) is 0 Å². The Kier molecular flexibility index (Phi) is 5.51. The second kappa shape index (κ2) is 7.04. The molecule has 1 fully saturated rings. The topological polar surface area (TPSA) is 106 Å². The number of nitrogens with zero attached hydrogens (tertiary/aromatic N) is 3. The van der Waals surface area contributed by atoms with Gasteiger partial charge in [-0.05, 0) is 27.2 Å². The number of rotatable bonds is 5. The van der Waals surface area contributed by atoms with Crippen molar-refractivity contribution in [2.75, 3.05) is 23.8 Å². The zero-order valence-corrected chi connectivity index (χ0v) is 15.2. The highest BCUT2D eigenvalue weighted by Crippen LogP contribution is 2.25. The van der Waals surface area contributed by atoms with E-state index in [0.29, 0.717) is 23.9 Å². The molecule has 0 aromatic carbocycles. The highest BCUT2D eigenvalue weighted by molar-refractivity contribution is 8.00. The number of nitrogens with two attached hydrogens (primary N) is 1. The first-order chi connectivity index (χ1) is 10.7. The van der Waals surface area contributed by atoms with Gasteiger partial charge in [0, 0.05) is 24.3 Å². The quantitative estimate of drug-likeness (QED) is 0.615. The van der Waals surface area contributed by atoms with E-state index in [1.54, 1.807) is 17.9 Å². The first kappa shape index (κ1) is 18.0. The van der Waals surface area contributed by atoms with Crippen LogP contribution in [-0.2, 0) is 14.6 Å². The Morgan fingerprint density at radius 3 is 2.74 bits per heavy atom. The van der Waals surface area contributed by atoms with Crippen LogP contribution in [0.3, 0.4) is 0 Å². The van der Waals surface area contributed by atoms with Gasteiger partial charge in [0.25, 0.3) is 0 Å². The number of aryl methyl sites for hydroxylation is 1. The lowest BCUT2D eigenvalue weighted by Crippen LogP contribution is -2.44. The predicted molar refractivity (Wildman–Crippen MR) is 90.9 cm³/mol. The fourth-order valence-electron chi connectivity index (χ4n) is 2.67. The molecular formula is C14H22N4O3S2. The number of anilines is 1. The van der Waals surface area contributed by atoms with Crippen LogP contribution in [0.4, 0.5) is 5.82 Å². The Hall–Kier alpha value is -1.35. The lowest BCUT2D eigenvalue weighted by atomic mass is 10.2. The Morgan fingerprint density at radius 1 is 1.52 bits per heavy atom. The van der Waals surface area contributed by atoms with Crippen molar-refractivity contribution >= 4 is 33.3 Å². The first-order valence-electron chi connectivity index (χ1n) is 7.50. The molecule has 2 N–H and O–H groups in total. The predicted octanol–water partition coefficient (Wildman–Crippen LogP) is 0.883. The van der Waals surface area contributed by atoms with Crippen LogP contribution in [0.25, 0.3) is 0 Å². The van der Waals surface area contributed by atoms with E-state index in [4.69, 9.17) is 5.73 Å². The molecule has 1 aliphatic heterocycles. The molecule has 7 nitrogen and oxygen atoms in total. The van der Waals surface area contributed by atoms with Gasteiger partial charge in [-0.3, -0.25) is 4.79 Å².